The molecule has 3 amide bonds. The molecule has 40 heavy (non-hydrogen) atoms. The third-order valence-corrected chi connectivity index (χ3v) is 7.41. The molecule has 0 saturated heterocycles. The Morgan fingerprint density at radius 2 is 1.70 bits per heavy atom. The lowest BCUT2D eigenvalue weighted by Gasteiger charge is -2.32. The van der Waals surface area contributed by atoms with Gasteiger partial charge in [-0.15, -0.1) is 11.3 Å². The predicted molar refractivity (Wildman–Crippen MR) is 149 cm³/mol. The first-order chi connectivity index (χ1) is 19.4. The lowest BCUT2D eigenvalue weighted by molar-refractivity contribution is -0.138. The summed E-state index contributed by atoms with van der Waals surface area (Å²) in [5, 5.41) is 4.65. The number of anilines is 2. The summed E-state index contributed by atoms with van der Waals surface area (Å²) in [7, 11) is 1.54. The molecule has 10 heteroatoms. The molecule has 0 aliphatic carbocycles. The molecule has 3 aromatic carbocycles. The average Bonchev–Trinajstić information content (AvgIpc) is 3.58. The zero-order valence-corrected chi connectivity index (χ0v) is 22.2. The fourth-order valence-electron chi connectivity index (χ4n) is 4.50. The van der Waals surface area contributed by atoms with Crippen molar-refractivity contribution >= 4 is 46.2 Å². The van der Waals surface area contributed by atoms with Gasteiger partial charge in [0, 0.05) is 17.1 Å². The number of benzene rings is 3. The zero-order valence-electron chi connectivity index (χ0n) is 21.4. The van der Waals surface area contributed by atoms with E-state index in [1.165, 1.54) is 53.7 Å². The molecule has 1 aliphatic heterocycles. The first kappa shape index (κ1) is 26.8. The Kier molecular flexibility index (Phi) is 7.70. The number of methoxy groups -OCH3 is 1. The molecule has 1 atom stereocenters. The monoisotopic (exact) mass is 557 g/mol. The van der Waals surface area contributed by atoms with Crippen LogP contribution in [-0.2, 0) is 20.9 Å². The Morgan fingerprint density at radius 3 is 2.38 bits per heavy atom. The molecular formula is C30H24FN3O5S. The Bertz CT molecular complexity index is 1560. The summed E-state index contributed by atoms with van der Waals surface area (Å²) < 4.78 is 18.8. The maximum absolute atomic E-state index is 14.0. The molecule has 0 spiro atoms. The number of hydrogen-bond donors (Lipinski definition) is 1. The second-order valence-corrected chi connectivity index (χ2v) is 10.0. The highest BCUT2D eigenvalue weighted by Gasteiger charge is 2.39. The number of Topliss-reactive ketones (excluding diaryl/α,β-unsaturated/α-hetero) is 1. The number of hydrogen-bond acceptors (Lipinski definition) is 6. The van der Waals surface area contributed by atoms with Crippen LogP contribution in [0.4, 0.5) is 15.8 Å². The molecule has 1 aromatic heterocycles. The van der Waals surface area contributed by atoms with Crippen molar-refractivity contribution in [2.24, 2.45) is 0 Å². The van der Waals surface area contributed by atoms with Crippen LogP contribution in [0.2, 0.25) is 0 Å². The van der Waals surface area contributed by atoms with E-state index in [0.717, 1.165) is 4.90 Å². The number of thiophene rings is 1. The van der Waals surface area contributed by atoms with Crippen LogP contribution in [0.1, 0.15) is 26.8 Å². The number of nitrogens with one attached hydrogen (secondary N) is 1. The van der Waals surface area contributed by atoms with E-state index in [1.54, 1.807) is 60.0 Å². The minimum absolute atomic E-state index is 0.0463. The van der Waals surface area contributed by atoms with Crippen LogP contribution in [-0.4, -0.2) is 42.1 Å². The average molecular weight is 558 g/mol. The highest BCUT2D eigenvalue weighted by Crippen LogP contribution is 2.32. The smallest absolute Gasteiger partial charge is 0.299 e. The standard InChI is InChI=1S/C30H24FN3O5S/c1-39-22-14-12-21(13-15-22)32-29(37)27(25-7-4-16-40-25)34(17-19-8-10-20(31)11-9-19)26(35)18-33-24-6-3-2-5-23(24)28(36)30(33)38/h2-16,27H,17-18H2,1H3,(H,32,37)/t27-/m0/s1. The third-order valence-electron chi connectivity index (χ3n) is 6.49. The van der Waals surface area contributed by atoms with Crippen molar-refractivity contribution < 1.29 is 28.3 Å². The van der Waals surface area contributed by atoms with E-state index in [1.807, 2.05) is 0 Å². The lowest BCUT2D eigenvalue weighted by atomic mass is 10.1. The van der Waals surface area contributed by atoms with Crippen LogP contribution in [0.5, 0.6) is 5.75 Å². The van der Waals surface area contributed by atoms with Crippen molar-refractivity contribution in [2.75, 3.05) is 23.9 Å². The first-order valence-electron chi connectivity index (χ1n) is 12.3. The zero-order chi connectivity index (χ0) is 28.2. The topological polar surface area (TPSA) is 96.0 Å². The van der Waals surface area contributed by atoms with E-state index in [9.17, 15) is 23.6 Å². The van der Waals surface area contributed by atoms with Crippen molar-refractivity contribution in [1.82, 2.24) is 4.90 Å². The minimum atomic E-state index is -1.08. The number of carbonyl (C=O) groups excluding carboxylic acids is 4. The number of para-hydroxylation sites is 1. The summed E-state index contributed by atoms with van der Waals surface area (Å²) in [6.07, 6.45) is 0. The van der Waals surface area contributed by atoms with Crippen LogP contribution in [0.25, 0.3) is 0 Å². The van der Waals surface area contributed by atoms with E-state index in [4.69, 9.17) is 4.74 Å². The number of fused-ring (bicyclic) bond motifs is 1. The Hall–Kier alpha value is -4.83. The van der Waals surface area contributed by atoms with E-state index in [0.29, 0.717) is 27.6 Å². The quantitative estimate of drug-likeness (QED) is 0.298. The number of ketones is 1. The van der Waals surface area contributed by atoms with Crippen molar-refractivity contribution in [2.45, 2.75) is 12.6 Å². The van der Waals surface area contributed by atoms with Crippen LogP contribution in [0.15, 0.2) is 90.3 Å². The van der Waals surface area contributed by atoms with E-state index in [2.05, 4.69) is 5.32 Å². The normalized spacial score (nSPS) is 13.1. The lowest BCUT2D eigenvalue weighted by Crippen LogP contribution is -2.46. The number of amides is 3. The van der Waals surface area contributed by atoms with Gasteiger partial charge in [-0.3, -0.25) is 24.1 Å². The first-order valence-corrected chi connectivity index (χ1v) is 13.2. The van der Waals surface area contributed by atoms with Gasteiger partial charge in [-0.2, -0.15) is 0 Å². The molecule has 8 nitrogen and oxygen atoms in total. The molecule has 0 saturated carbocycles. The molecular weight excluding hydrogens is 533 g/mol. The maximum Gasteiger partial charge on any atom is 0.299 e. The number of carbonyl (C=O) groups is 4. The van der Waals surface area contributed by atoms with Gasteiger partial charge in [-0.1, -0.05) is 30.3 Å². The number of halogens is 1. The fourth-order valence-corrected chi connectivity index (χ4v) is 5.33. The van der Waals surface area contributed by atoms with Crippen LogP contribution in [0.3, 0.4) is 0 Å². The molecule has 0 radical (unpaired) electrons. The van der Waals surface area contributed by atoms with Gasteiger partial charge in [-0.25, -0.2) is 4.39 Å². The van der Waals surface area contributed by atoms with Gasteiger partial charge in [0.2, 0.25) is 5.91 Å². The highest BCUT2D eigenvalue weighted by molar-refractivity contribution is 7.10. The van der Waals surface area contributed by atoms with Gasteiger partial charge < -0.3 is 15.0 Å². The second kappa shape index (κ2) is 11.5. The fraction of sp³-hybridized carbons (Fsp3) is 0.133. The van der Waals surface area contributed by atoms with Crippen molar-refractivity contribution in [3.05, 3.63) is 112 Å². The van der Waals surface area contributed by atoms with Crippen molar-refractivity contribution in [3.8, 4) is 5.75 Å². The van der Waals surface area contributed by atoms with Crippen molar-refractivity contribution in [1.29, 1.82) is 0 Å². The van der Waals surface area contributed by atoms with E-state index < -0.39 is 41.9 Å². The van der Waals surface area contributed by atoms with E-state index in [-0.39, 0.29) is 12.1 Å². The third kappa shape index (κ3) is 5.48. The van der Waals surface area contributed by atoms with Gasteiger partial charge in [-0.05, 0) is 65.5 Å². The van der Waals surface area contributed by atoms with Crippen LogP contribution in [0, 0.1) is 5.82 Å². The molecule has 1 N–H and O–H groups in total. The SMILES string of the molecule is COc1ccc(NC(=O)[C@H](c2cccs2)N(Cc2ccc(F)cc2)C(=O)CN2C(=O)C(=O)c3ccccc32)cc1. The summed E-state index contributed by atoms with van der Waals surface area (Å²) in [6, 6.07) is 21.3. The summed E-state index contributed by atoms with van der Waals surface area (Å²) in [5.41, 5.74) is 1.63. The number of nitrogens with zero attached hydrogens (tertiary/aromatic N) is 2. The predicted octanol–water partition coefficient (Wildman–Crippen LogP) is 4.83. The summed E-state index contributed by atoms with van der Waals surface area (Å²) in [5.74, 6) is -2.37. The second-order valence-electron chi connectivity index (χ2n) is 9.02. The van der Waals surface area contributed by atoms with Crippen LogP contribution >= 0.6 is 11.3 Å². The van der Waals surface area contributed by atoms with Gasteiger partial charge in [0.1, 0.15) is 24.2 Å². The van der Waals surface area contributed by atoms with E-state index >= 15 is 0 Å². The molecule has 4 aromatic rings. The Labute approximate surface area is 233 Å². The molecule has 0 fully saturated rings. The summed E-state index contributed by atoms with van der Waals surface area (Å²) in [6.45, 7) is -0.504. The minimum Gasteiger partial charge on any atom is -0.497 e. The largest absolute Gasteiger partial charge is 0.497 e. The van der Waals surface area contributed by atoms with Gasteiger partial charge in [0.25, 0.3) is 17.6 Å². The van der Waals surface area contributed by atoms with Gasteiger partial charge >= 0.3 is 0 Å². The Morgan fingerprint density at radius 1 is 0.975 bits per heavy atom. The molecule has 1 aliphatic rings. The number of rotatable bonds is 9. The summed E-state index contributed by atoms with van der Waals surface area (Å²) in [4.78, 5) is 56.2. The number of ether oxygens (including phenoxy) is 1. The van der Waals surface area contributed by atoms with Gasteiger partial charge in [0.15, 0.2) is 0 Å². The maximum atomic E-state index is 14.0. The van der Waals surface area contributed by atoms with Crippen molar-refractivity contribution in [3.63, 3.8) is 0 Å². The molecule has 2 heterocycles. The van der Waals surface area contributed by atoms with Gasteiger partial charge in [0.05, 0.1) is 18.4 Å². The molecule has 5 rings (SSSR count). The highest BCUT2D eigenvalue weighted by atomic mass is 32.1. The molecule has 0 bridgehead atoms. The molecule has 202 valence electrons. The molecule has 0 unspecified atom stereocenters. The Balaban J connectivity index is 1.50. The van der Waals surface area contributed by atoms with Crippen LogP contribution < -0.4 is 15.0 Å². The summed E-state index contributed by atoms with van der Waals surface area (Å²) >= 11 is 1.30.